The van der Waals surface area contributed by atoms with Crippen LogP contribution in [0.5, 0.6) is 0 Å². The van der Waals surface area contributed by atoms with Crippen molar-refractivity contribution in [3.63, 3.8) is 0 Å². The minimum absolute atomic E-state index is 0.170. The molecule has 7 nitrogen and oxygen atoms in total. The Morgan fingerprint density at radius 2 is 1.64 bits per heavy atom. The topological polar surface area (TPSA) is 108 Å². The van der Waals surface area contributed by atoms with Crippen molar-refractivity contribution in [2.45, 2.75) is 18.9 Å². The van der Waals surface area contributed by atoms with Gasteiger partial charge in [-0.1, -0.05) is 48.5 Å². The number of hydrogen-bond acceptors (Lipinski definition) is 5. The number of nitrogens with zero attached hydrogens (tertiary/aromatic N) is 1. The molecule has 0 unspecified atom stereocenters. The number of esters is 1. The van der Waals surface area contributed by atoms with Crippen molar-refractivity contribution in [2.75, 3.05) is 13.2 Å². The summed E-state index contributed by atoms with van der Waals surface area (Å²) in [5, 5.41) is 13.6. The van der Waals surface area contributed by atoms with E-state index in [9.17, 15) is 14.4 Å². The summed E-state index contributed by atoms with van der Waals surface area (Å²) in [6, 6.07) is 18.7. The van der Waals surface area contributed by atoms with Crippen LogP contribution in [0.15, 0.2) is 60.7 Å². The molecule has 2 amide bonds. The number of carbonyl (C=O) groups excluding carboxylic acids is 3. The molecule has 0 spiro atoms. The van der Waals surface area contributed by atoms with Gasteiger partial charge in [-0.15, -0.1) is 0 Å². The Hall–Kier alpha value is -3.66. The Labute approximate surface area is 163 Å². The smallest absolute Gasteiger partial charge is 0.329 e. The maximum atomic E-state index is 12.5. The molecule has 0 heterocycles. The van der Waals surface area contributed by atoms with Gasteiger partial charge in [-0.2, -0.15) is 5.26 Å². The Balaban J connectivity index is 2.00. The summed E-state index contributed by atoms with van der Waals surface area (Å²) in [6.07, 6.45) is 0.401. The van der Waals surface area contributed by atoms with E-state index in [1.807, 2.05) is 36.4 Å². The van der Waals surface area contributed by atoms with Gasteiger partial charge in [-0.05, 0) is 17.7 Å². The summed E-state index contributed by atoms with van der Waals surface area (Å²) < 4.78 is 5.06. The van der Waals surface area contributed by atoms with Crippen molar-refractivity contribution in [3.05, 3.63) is 71.8 Å². The van der Waals surface area contributed by atoms with Crippen LogP contribution in [-0.4, -0.2) is 37.0 Å². The summed E-state index contributed by atoms with van der Waals surface area (Å²) >= 11 is 0. The molecular formula is C21H21N3O4. The van der Waals surface area contributed by atoms with Gasteiger partial charge >= 0.3 is 5.97 Å². The Morgan fingerprint density at radius 1 is 1.00 bits per heavy atom. The predicted molar refractivity (Wildman–Crippen MR) is 102 cm³/mol. The van der Waals surface area contributed by atoms with Crippen molar-refractivity contribution in [2.24, 2.45) is 0 Å². The van der Waals surface area contributed by atoms with Crippen LogP contribution in [0.3, 0.4) is 0 Å². The van der Waals surface area contributed by atoms with E-state index in [0.29, 0.717) is 5.56 Å². The Kier molecular flexibility index (Phi) is 8.21. The second-order valence-electron chi connectivity index (χ2n) is 5.95. The van der Waals surface area contributed by atoms with Crippen molar-refractivity contribution in [1.29, 1.82) is 5.26 Å². The molecule has 0 aliphatic heterocycles. The van der Waals surface area contributed by atoms with Gasteiger partial charge in [0.25, 0.3) is 11.8 Å². The largest absolute Gasteiger partial charge is 0.454 e. The van der Waals surface area contributed by atoms with Gasteiger partial charge in [0.2, 0.25) is 0 Å². The minimum Gasteiger partial charge on any atom is -0.454 e. The van der Waals surface area contributed by atoms with Gasteiger partial charge in [-0.25, -0.2) is 4.79 Å². The first-order valence-corrected chi connectivity index (χ1v) is 8.80. The molecule has 0 aromatic heterocycles. The van der Waals surface area contributed by atoms with Gasteiger partial charge in [0, 0.05) is 18.5 Å². The van der Waals surface area contributed by atoms with Crippen molar-refractivity contribution in [1.82, 2.24) is 10.6 Å². The Morgan fingerprint density at radius 3 is 2.29 bits per heavy atom. The fraction of sp³-hybridized carbons (Fsp3) is 0.238. The van der Waals surface area contributed by atoms with E-state index >= 15 is 0 Å². The van der Waals surface area contributed by atoms with E-state index in [2.05, 4.69) is 10.6 Å². The van der Waals surface area contributed by atoms with Crippen LogP contribution >= 0.6 is 0 Å². The highest BCUT2D eigenvalue weighted by Crippen LogP contribution is 2.07. The zero-order valence-electron chi connectivity index (χ0n) is 15.3. The van der Waals surface area contributed by atoms with Crippen molar-refractivity contribution >= 4 is 17.8 Å². The number of rotatable bonds is 9. The van der Waals surface area contributed by atoms with Gasteiger partial charge in [0.1, 0.15) is 6.04 Å². The first kappa shape index (κ1) is 20.6. The highest BCUT2D eigenvalue weighted by molar-refractivity contribution is 5.97. The molecule has 0 radical (unpaired) electrons. The molecular weight excluding hydrogens is 358 g/mol. The first-order valence-electron chi connectivity index (χ1n) is 8.80. The highest BCUT2D eigenvalue weighted by atomic mass is 16.5. The second kappa shape index (κ2) is 11.1. The number of nitrogens with one attached hydrogen (secondary N) is 2. The second-order valence-corrected chi connectivity index (χ2v) is 5.95. The third kappa shape index (κ3) is 6.92. The minimum atomic E-state index is -0.943. The van der Waals surface area contributed by atoms with Crippen LogP contribution in [0.2, 0.25) is 0 Å². The molecule has 2 aromatic carbocycles. The summed E-state index contributed by atoms with van der Waals surface area (Å²) in [5.74, 6) is -1.61. The number of amides is 2. The van der Waals surface area contributed by atoms with Crippen LogP contribution in [0.25, 0.3) is 0 Å². The first-order chi connectivity index (χ1) is 13.6. The van der Waals surface area contributed by atoms with Gasteiger partial charge < -0.3 is 15.4 Å². The molecule has 2 aromatic rings. The molecule has 0 bridgehead atoms. The van der Waals surface area contributed by atoms with Crippen LogP contribution < -0.4 is 10.6 Å². The monoisotopic (exact) mass is 379 g/mol. The molecule has 2 rings (SSSR count). The van der Waals surface area contributed by atoms with Crippen molar-refractivity contribution in [3.8, 4) is 6.07 Å². The zero-order chi connectivity index (χ0) is 20.2. The number of carbonyl (C=O) groups is 3. The van der Waals surface area contributed by atoms with E-state index < -0.39 is 30.4 Å². The number of hydrogen-bond donors (Lipinski definition) is 2. The van der Waals surface area contributed by atoms with E-state index in [1.165, 1.54) is 0 Å². The lowest BCUT2D eigenvalue weighted by atomic mass is 10.1. The normalized spacial score (nSPS) is 11.0. The molecule has 0 saturated heterocycles. The summed E-state index contributed by atoms with van der Waals surface area (Å²) in [6.45, 7) is -0.290. The lowest BCUT2D eigenvalue weighted by molar-refractivity contribution is -0.150. The van der Waals surface area contributed by atoms with Crippen LogP contribution in [0, 0.1) is 11.3 Å². The molecule has 0 saturated carbocycles. The van der Waals surface area contributed by atoms with Gasteiger partial charge in [-0.3, -0.25) is 9.59 Å². The molecule has 7 heteroatoms. The summed E-state index contributed by atoms with van der Waals surface area (Å²) in [4.78, 5) is 36.6. The highest BCUT2D eigenvalue weighted by Gasteiger charge is 2.24. The SMILES string of the molecule is N#CCCNC(=O)COC(=O)[C@H](Cc1ccccc1)NC(=O)c1ccccc1. The van der Waals surface area contributed by atoms with Gasteiger partial charge in [0.15, 0.2) is 6.61 Å². The molecule has 0 aliphatic rings. The standard InChI is InChI=1S/C21H21N3O4/c22-12-7-13-23-19(25)15-28-21(27)18(14-16-8-3-1-4-9-16)24-20(26)17-10-5-2-6-11-17/h1-6,8-11,18H,7,13-15H2,(H,23,25)(H,24,26)/t18-/m0/s1. The molecule has 28 heavy (non-hydrogen) atoms. The molecule has 0 aliphatic carbocycles. The molecule has 144 valence electrons. The van der Waals surface area contributed by atoms with Crippen LogP contribution in [0.1, 0.15) is 22.3 Å². The van der Waals surface area contributed by atoms with E-state index in [-0.39, 0.29) is 19.4 Å². The average Bonchev–Trinajstić information content (AvgIpc) is 2.73. The third-order valence-electron chi connectivity index (χ3n) is 3.81. The van der Waals surface area contributed by atoms with E-state index in [4.69, 9.17) is 10.00 Å². The van der Waals surface area contributed by atoms with Crippen molar-refractivity contribution < 1.29 is 19.1 Å². The quantitative estimate of drug-likeness (QED) is 0.508. The fourth-order valence-electron chi connectivity index (χ4n) is 2.42. The van der Waals surface area contributed by atoms with Crippen LogP contribution in [-0.2, 0) is 20.7 Å². The summed E-state index contributed by atoms with van der Waals surface area (Å²) in [7, 11) is 0. The Bertz CT molecular complexity index is 832. The zero-order valence-corrected chi connectivity index (χ0v) is 15.3. The van der Waals surface area contributed by atoms with Crippen LogP contribution in [0.4, 0.5) is 0 Å². The maximum Gasteiger partial charge on any atom is 0.329 e. The molecule has 0 fully saturated rings. The fourth-order valence-corrected chi connectivity index (χ4v) is 2.42. The average molecular weight is 379 g/mol. The molecule has 2 N–H and O–H groups in total. The maximum absolute atomic E-state index is 12.5. The molecule has 1 atom stereocenters. The van der Waals surface area contributed by atoms with E-state index in [0.717, 1.165) is 5.56 Å². The van der Waals surface area contributed by atoms with E-state index in [1.54, 1.807) is 30.3 Å². The number of nitriles is 1. The lowest BCUT2D eigenvalue weighted by Crippen LogP contribution is -2.44. The predicted octanol–water partition coefficient (Wildman–Crippen LogP) is 1.60. The lowest BCUT2D eigenvalue weighted by Gasteiger charge is -2.18. The number of benzene rings is 2. The van der Waals surface area contributed by atoms with Gasteiger partial charge in [0.05, 0.1) is 12.5 Å². The number of ether oxygens (including phenoxy) is 1. The third-order valence-corrected chi connectivity index (χ3v) is 3.81. The summed E-state index contributed by atoms with van der Waals surface area (Å²) in [5.41, 5.74) is 1.26.